The standard InChI is InChI=1S/C28H30N2O6S2/c1-28(19-11-12-20-29(21-27(31)36-2)37(32,33)23-13-5-3-6-14-23)22-30(26-18-10-9-17-25(26)28)38(34,35)24-15-7-4-8-16-24/h3-18H,19-22H2,1-2H3/b12-11+. The molecule has 10 heteroatoms. The fourth-order valence-electron chi connectivity index (χ4n) is 4.53. The summed E-state index contributed by atoms with van der Waals surface area (Å²) in [4.78, 5) is 12.3. The maximum absolute atomic E-state index is 13.5. The Morgan fingerprint density at radius 2 is 1.47 bits per heavy atom. The van der Waals surface area contributed by atoms with Crippen LogP contribution < -0.4 is 4.31 Å². The zero-order valence-corrected chi connectivity index (χ0v) is 22.9. The predicted molar refractivity (Wildman–Crippen MR) is 146 cm³/mol. The number of hydrogen-bond acceptors (Lipinski definition) is 6. The van der Waals surface area contributed by atoms with E-state index in [2.05, 4.69) is 0 Å². The Morgan fingerprint density at radius 1 is 0.895 bits per heavy atom. The number of carbonyl (C=O) groups excluding carboxylic acids is 1. The van der Waals surface area contributed by atoms with Crippen molar-refractivity contribution < 1.29 is 26.4 Å². The zero-order valence-electron chi connectivity index (χ0n) is 21.2. The third kappa shape index (κ3) is 5.52. The second-order valence-corrected chi connectivity index (χ2v) is 13.1. The van der Waals surface area contributed by atoms with E-state index < -0.39 is 38.0 Å². The van der Waals surface area contributed by atoms with Gasteiger partial charge in [0.25, 0.3) is 10.0 Å². The number of allylic oxidation sites excluding steroid dienone is 1. The molecule has 8 nitrogen and oxygen atoms in total. The van der Waals surface area contributed by atoms with E-state index in [1.165, 1.54) is 23.5 Å². The van der Waals surface area contributed by atoms with E-state index in [-0.39, 0.29) is 22.9 Å². The minimum atomic E-state index is -3.93. The van der Waals surface area contributed by atoms with Gasteiger partial charge in [-0.2, -0.15) is 4.31 Å². The summed E-state index contributed by atoms with van der Waals surface area (Å²) in [5.74, 6) is -0.670. The highest BCUT2D eigenvalue weighted by molar-refractivity contribution is 7.92. The molecule has 1 aliphatic heterocycles. The van der Waals surface area contributed by atoms with Gasteiger partial charge in [-0.05, 0) is 42.3 Å². The summed E-state index contributed by atoms with van der Waals surface area (Å²) in [5.41, 5.74) is 0.985. The van der Waals surface area contributed by atoms with E-state index in [0.717, 1.165) is 9.87 Å². The third-order valence-electron chi connectivity index (χ3n) is 6.60. The quantitative estimate of drug-likeness (QED) is 0.278. The van der Waals surface area contributed by atoms with Gasteiger partial charge in [0.05, 0.1) is 22.6 Å². The summed E-state index contributed by atoms with van der Waals surface area (Å²) in [6, 6.07) is 23.6. The molecule has 0 N–H and O–H groups in total. The molecule has 38 heavy (non-hydrogen) atoms. The first-order chi connectivity index (χ1) is 18.1. The second kappa shape index (κ2) is 11.1. The van der Waals surface area contributed by atoms with Gasteiger partial charge in [0.2, 0.25) is 10.0 Å². The number of rotatable bonds is 10. The Balaban J connectivity index is 1.56. The zero-order chi connectivity index (χ0) is 27.4. The number of nitrogens with zero attached hydrogens (tertiary/aromatic N) is 2. The van der Waals surface area contributed by atoms with Crippen molar-refractivity contribution >= 4 is 31.7 Å². The number of methoxy groups -OCH3 is 1. The van der Waals surface area contributed by atoms with Gasteiger partial charge in [-0.15, -0.1) is 0 Å². The molecule has 0 fully saturated rings. The molecule has 3 aromatic rings. The Kier molecular flexibility index (Phi) is 8.05. The molecule has 0 saturated heterocycles. The number of para-hydroxylation sites is 1. The number of esters is 1. The van der Waals surface area contributed by atoms with Crippen molar-refractivity contribution in [3.05, 3.63) is 103 Å². The highest BCUT2D eigenvalue weighted by Crippen LogP contribution is 2.45. The highest BCUT2D eigenvalue weighted by atomic mass is 32.2. The summed E-state index contributed by atoms with van der Waals surface area (Å²) >= 11 is 0. The van der Waals surface area contributed by atoms with Crippen LogP contribution in [0.4, 0.5) is 5.69 Å². The van der Waals surface area contributed by atoms with Crippen molar-refractivity contribution in [2.24, 2.45) is 0 Å². The molecule has 0 aliphatic carbocycles. The van der Waals surface area contributed by atoms with E-state index in [1.807, 2.05) is 31.2 Å². The van der Waals surface area contributed by atoms with E-state index in [4.69, 9.17) is 4.74 Å². The predicted octanol–water partition coefficient (Wildman–Crippen LogP) is 3.96. The minimum absolute atomic E-state index is 0.0456. The molecule has 1 heterocycles. The molecule has 0 amide bonds. The number of sulfonamides is 2. The highest BCUT2D eigenvalue weighted by Gasteiger charge is 2.43. The first-order valence-electron chi connectivity index (χ1n) is 12.0. The van der Waals surface area contributed by atoms with Crippen molar-refractivity contribution in [3.63, 3.8) is 0 Å². The van der Waals surface area contributed by atoms with Crippen molar-refractivity contribution in [1.29, 1.82) is 0 Å². The van der Waals surface area contributed by atoms with Crippen LogP contribution in [0.25, 0.3) is 0 Å². The Labute approximate surface area is 224 Å². The molecular weight excluding hydrogens is 524 g/mol. The lowest BCUT2D eigenvalue weighted by Gasteiger charge is -2.25. The van der Waals surface area contributed by atoms with E-state index in [1.54, 1.807) is 60.7 Å². The lowest BCUT2D eigenvalue weighted by atomic mass is 9.81. The van der Waals surface area contributed by atoms with Crippen LogP contribution in [0.1, 0.15) is 18.9 Å². The van der Waals surface area contributed by atoms with Gasteiger partial charge in [0, 0.05) is 18.5 Å². The lowest BCUT2D eigenvalue weighted by molar-refractivity contribution is -0.140. The Morgan fingerprint density at radius 3 is 2.11 bits per heavy atom. The first kappa shape index (κ1) is 27.6. The molecule has 0 bridgehead atoms. The van der Waals surface area contributed by atoms with Gasteiger partial charge in [-0.25, -0.2) is 16.8 Å². The Hall–Kier alpha value is -3.47. The number of fused-ring (bicyclic) bond motifs is 1. The summed E-state index contributed by atoms with van der Waals surface area (Å²) in [7, 11) is -6.49. The molecular formula is C28H30N2O6S2. The summed E-state index contributed by atoms with van der Waals surface area (Å²) < 4.78 is 60.5. The molecule has 0 saturated carbocycles. The molecule has 0 aromatic heterocycles. The number of hydrogen-bond donors (Lipinski definition) is 0. The largest absolute Gasteiger partial charge is 0.468 e. The van der Waals surface area contributed by atoms with Crippen LogP contribution in [0.15, 0.2) is 107 Å². The van der Waals surface area contributed by atoms with Gasteiger partial charge in [0.15, 0.2) is 0 Å². The van der Waals surface area contributed by atoms with E-state index in [9.17, 15) is 21.6 Å². The molecule has 200 valence electrons. The van der Waals surface area contributed by atoms with E-state index >= 15 is 0 Å². The fraction of sp³-hybridized carbons (Fsp3) is 0.250. The maximum Gasteiger partial charge on any atom is 0.321 e. The van der Waals surface area contributed by atoms with Crippen molar-refractivity contribution in [2.45, 2.75) is 28.6 Å². The second-order valence-electron chi connectivity index (χ2n) is 9.26. The summed E-state index contributed by atoms with van der Waals surface area (Å²) in [5, 5.41) is 0. The first-order valence-corrected chi connectivity index (χ1v) is 14.9. The van der Waals surface area contributed by atoms with Gasteiger partial charge >= 0.3 is 5.97 Å². The topological polar surface area (TPSA) is 101 Å². The monoisotopic (exact) mass is 554 g/mol. The van der Waals surface area contributed by atoms with Crippen LogP contribution in [0.5, 0.6) is 0 Å². The number of carbonyl (C=O) groups is 1. The van der Waals surface area contributed by atoms with Crippen LogP contribution in [-0.2, 0) is 35.0 Å². The van der Waals surface area contributed by atoms with Gasteiger partial charge in [-0.1, -0.05) is 73.7 Å². The lowest BCUT2D eigenvalue weighted by Crippen LogP contribution is -2.36. The molecule has 1 unspecified atom stereocenters. The van der Waals surface area contributed by atoms with Crippen molar-refractivity contribution in [1.82, 2.24) is 4.31 Å². The average Bonchev–Trinajstić information content (AvgIpc) is 3.24. The number of benzene rings is 3. The smallest absolute Gasteiger partial charge is 0.321 e. The molecule has 0 spiro atoms. The van der Waals surface area contributed by atoms with Crippen molar-refractivity contribution in [3.8, 4) is 0 Å². The minimum Gasteiger partial charge on any atom is -0.468 e. The van der Waals surface area contributed by atoms with E-state index in [0.29, 0.717) is 12.1 Å². The van der Waals surface area contributed by atoms with Crippen molar-refractivity contribution in [2.75, 3.05) is 31.0 Å². The van der Waals surface area contributed by atoms with Gasteiger partial charge < -0.3 is 4.74 Å². The number of ether oxygens (including phenoxy) is 1. The van der Waals surface area contributed by atoms with Crippen LogP contribution in [0.3, 0.4) is 0 Å². The van der Waals surface area contributed by atoms with Crippen LogP contribution in [0.2, 0.25) is 0 Å². The van der Waals surface area contributed by atoms with Gasteiger partial charge in [-0.3, -0.25) is 9.10 Å². The molecule has 1 atom stereocenters. The maximum atomic E-state index is 13.5. The molecule has 1 aliphatic rings. The van der Waals surface area contributed by atoms with Gasteiger partial charge in [0.1, 0.15) is 6.54 Å². The summed E-state index contributed by atoms with van der Waals surface area (Å²) in [6.45, 7) is 1.75. The Bertz CT molecular complexity index is 1520. The fourth-order valence-corrected chi connectivity index (χ4v) is 7.52. The SMILES string of the molecule is COC(=O)CN(C/C=C/CC1(C)CN(S(=O)(=O)c2ccccc2)c2ccccc21)S(=O)(=O)c1ccccc1. The third-order valence-corrected chi connectivity index (χ3v) is 10.2. The van der Waals surface area contributed by atoms with Crippen LogP contribution in [-0.4, -0.2) is 53.9 Å². The number of anilines is 1. The summed E-state index contributed by atoms with van der Waals surface area (Å²) in [6.07, 6.45) is 3.98. The molecule has 4 rings (SSSR count). The van der Waals surface area contributed by atoms with Crippen LogP contribution >= 0.6 is 0 Å². The normalized spacial score (nSPS) is 17.6. The molecule has 3 aromatic carbocycles. The average molecular weight is 555 g/mol. The molecule has 0 radical (unpaired) electrons. The van der Waals surface area contributed by atoms with Crippen LogP contribution in [0, 0.1) is 0 Å².